The fraction of sp³-hybridized carbons (Fsp3) is 0.692. The standard InChI is InChI=1S/C13H22N2O3/c1-8(14)6-10(9-4-2-3-5-9)13(18)11(15)7-12(16)17/h6,8-9,11H,2-5,7,14-15H2,1H3,(H,16,17). The highest BCUT2D eigenvalue weighted by Crippen LogP contribution is 2.32. The summed E-state index contributed by atoms with van der Waals surface area (Å²) < 4.78 is 0. The number of carbonyl (C=O) groups is 2. The van der Waals surface area contributed by atoms with Gasteiger partial charge in [0.05, 0.1) is 12.5 Å². The van der Waals surface area contributed by atoms with Gasteiger partial charge in [-0.3, -0.25) is 9.59 Å². The summed E-state index contributed by atoms with van der Waals surface area (Å²) in [6, 6.07) is -1.19. The van der Waals surface area contributed by atoms with Crippen LogP contribution in [-0.4, -0.2) is 28.9 Å². The van der Waals surface area contributed by atoms with Gasteiger partial charge in [0.1, 0.15) is 0 Å². The minimum absolute atomic E-state index is 0.198. The second-order valence-corrected chi connectivity index (χ2v) is 5.03. The number of rotatable bonds is 6. The Labute approximate surface area is 107 Å². The van der Waals surface area contributed by atoms with Gasteiger partial charge in [-0.25, -0.2) is 0 Å². The number of aliphatic carboxylic acids is 1. The van der Waals surface area contributed by atoms with Crippen LogP contribution in [-0.2, 0) is 9.59 Å². The fourth-order valence-corrected chi connectivity index (χ4v) is 2.43. The van der Waals surface area contributed by atoms with Crippen molar-refractivity contribution in [3.8, 4) is 0 Å². The number of carboxylic acids is 1. The topological polar surface area (TPSA) is 106 Å². The smallest absolute Gasteiger partial charge is 0.305 e. The van der Waals surface area contributed by atoms with Crippen LogP contribution in [0, 0.1) is 5.92 Å². The minimum Gasteiger partial charge on any atom is -0.481 e. The van der Waals surface area contributed by atoms with Crippen LogP contribution in [0.3, 0.4) is 0 Å². The molecule has 1 saturated carbocycles. The Bertz CT molecular complexity index is 344. The van der Waals surface area contributed by atoms with Crippen molar-refractivity contribution in [3.05, 3.63) is 11.6 Å². The molecule has 0 radical (unpaired) electrons. The Morgan fingerprint density at radius 2 is 1.89 bits per heavy atom. The van der Waals surface area contributed by atoms with Crippen molar-refractivity contribution in [2.24, 2.45) is 17.4 Å². The highest BCUT2D eigenvalue weighted by molar-refractivity contribution is 6.01. The van der Waals surface area contributed by atoms with E-state index in [-0.39, 0.29) is 24.2 Å². The van der Waals surface area contributed by atoms with Crippen LogP contribution in [0.15, 0.2) is 11.6 Å². The molecule has 0 aromatic rings. The zero-order valence-electron chi connectivity index (χ0n) is 10.8. The maximum absolute atomic E-state index is 12.2. The third-order valence-corrected chi connectivity index (χ3v) is 3.25. The predicted molar refractivity (Wildman–Crippen MR) is 68.9 cm³/mol. The highest BCUT2D eigenvalue weighted by Gasteiger charge is 2.28. The molecule has 0 amide bonds. The minimum atomic E-state index is -1.05. The molecule has 2 unspecified atom stereocenters. The maximum Gasteiger partial charge on any atom is 0.305 e. The predicted octanol–water partition coefficient (Wildman–Crippen LogP) is 0.821. The van der Waals surface area contributed by atoms with Crippen molar-refractivity contribution in [3.63, 3.8) is 0 Å². The molecular formula is C13H22N2O3. The van der Waals surface area contributed by atoms with Crippen LogP contribution in [0.4, 0.5) is 0 Å². The van der Waals surface area contributed by atoms with Crippen LogP contribution in [0.1, 0.15) is 39.0 Å². The van der Waals surface area contributed by atoms with Crippen molar-refractivity contribution in [1.82, 2.24) is 0 Å². The molecule has 2 atom stereocenters. The molecule has 0 aromatic carbocycles. The lowest BCUT2D eigenvalue weighted by Gasteiger charge is -2.18. The van der Waals surface area contributed by atoms with Crippen molar-refractivity contribution in [1.29, 1.82) is 0 Å². The monoisotopic (exact) mass is 254 g/mol. The summed E-state index contributed by atoms with van der Waals surface area (Å²) in [5.74, 6) is -1.12. The van der Waals surface area contributed by atoms with Gasteiger partial charge in [0.15, 0.2) is 5.78 Å². The number of hydrogen-bond acceptors (Lipinski definition) is 4. The van der Waals surface area contributed by atoms with E-state index in [1.807, 2.05) is 0 Å². The van der Waals surface area contributed by atoms with Crippen molar-refractivity contribution >= 4 is 11.8 Å². The Hall–Kier alpha value is -1.20. The molecule has 0 aromatic heterocycles. The largest absolute Gasteiger partial charge is 0.481 e. The summed E-state index contributed by atoms with van der Waals surface area (Å²) in [6.45, 7) is 1.80. The summed E-state index contributed by atoms with van der Waals surface area (Å²) in [6.07, 6.45) is 5.53. The first-order valence-electron chi connectivity index (χ1n) is 6.40. The van der Waals surface area contributed by atoms with E-state index in [4.69, 9.17) is 16.6 Å². The van der Waals surface area contributed by atoms with Crippen molar-refractivity contribution < 1.29 is 14.7 Å². The zero-order chi connectivity index (χ0) is 13.7. The fourth-order valence-electron chi connectivity index (χ4n) is 2.43. The molecule has 1 rings (SSSR count). The van der Waals surface area contributed by atoms with Crippen molar-refractivity contribution in [2.45, 2.75) is 51.1 Å². The quantitative estimate of drug-likeness (QED) is 0.608. The summed E-state index contributed by atoms with van der Waals surface area (Å²) in [5.41, 5.74) is 12.0. The van der Waals surface area contributed by atoms with Crippen molar-refractivity contribution in [2.75, 3.05) is 0 Å². The van der Waals surface area contributed by atoms with Gasteiger partial charge >= 0.3 is 5.97 Å². The van der Waals surface area contributed by atoms with Gasteiger partial charge in [0.25, 0.3) is 0 Å². The highest BCUT2D eigenvalue weighted by atomic mass is 16.4. The second kappa shape index (κ2) is 6.66. The number of hydrogen-bond donors (Lipinski definition) is 3. The summed E-state index contributed by atoms with van der Waals surface area (Å²) in [7, 11) is 0. The third-order valence-electron chi connectivity index (χ3n) is 3.25. The van der Waals surface area contributed by atoms with E-state index < -0.39 is 12.0 Å². The van der Waals surface area contributed by atoms with Crippen LogP contribution < -0.4 is 11.5 Å². The normalized spacial score (nSPS) is 20.7. The lowest BCUT2D eigenvalue weighted by Crippen LogP contribution is -2.36. The number of Topliss-reactive ketones (excluding diaryl/α,β-unsaturated/α-hetero) is 1. The molecule has 1 aliphatic rings. The van der Waals surface area contributed by atoms with Gasteiger partial charge in [0.2, 0.25) is 0 Å². The van der Waals surface area contributed by atoms with Gasteiger partial charge in [-0.05, 0) is 31.3 Å². The molecule has 0 saturated heterocycles. The number of carboxylic acid groups (broad SMARTS) is 1. The van der Waals surface area contributed by atoms with Gasteiger partial charge < -0.3 is 16.6 Å². The lowest BCUT2D eigenvalue weighted by molar-refractivity contribution is -0.138. The molecule has 5 heteroatoms. The van der Waals surface area contributed by atoms with E-state index in [9.17, 15) is 9.59 Å². The van der Waals surface area contributed by atoms with E-state index in [1.165, 1.54) is 0 Å². The molecule has 0 bridgehead atoms. The average molecular weight is 254 g/mol. The van der Waals surface area contributed by atoms with Gasteiger partial charge in [-0.1, -0.05) is 18.9 Å². The van der Waals surface area contributed by atoms with Gasteiger partial charge in [-0.15, -0.1) is 0 Å². The van der Waals surface area contributed by atoms with Crippen LogP contribution in [0.5, 0.6) is 0 Å². The molecule has 0 spiro atoms. The molecule has 5 N–H and O–H groups in total. The van der Waals surface area contributed by atoms with Crippen LogP contribution in [0.2, 0.25) is 0 Å². The van der Waals surface area contributed by atoms with E-state index in [2.05, 4.69) is 0 Å². The first-order valence-corrected chi connectivity index (χ1v) is 6.40. The molecule has 18 heavy (non-hydrogen) atoms. The van der Waals surface area contributed by atoms with Gasteiger partial charge in [-0.2, -0.15) is 0 Å². The molecule has 1 aliphatic carbocycles. The molecule has 1 fully saturated rings. The van der Waals surface area contributed by atoms with Gasteiger partial charge in [0, 0.05) is 6.04 Å². The maximum atomic E-state index is 12.2. The van der Waals surface area contributed by atoms with Crippen LogP contribution >= 0.6 is 0 Å². The zero-order valence-corrected chi connectivity index (χ0v) is 10.8. The number of carbonyl (C=O) groups excluding carboxylic acids is 1. The Balaban J connectivity index is 2.82. The Morgan fingerprint density at radius 1 is 1.33 bits per heavy atom. The second-order valence-electron chi connectivity index (χ2n) is 5.03. The summed E-state index contributed by atoms with van der Waals surface area (Å²) in [4.78, 5) is 22.8. The molecular weight excluding hydrogens is 232 g/mol. The average Bonchev–Trinajstić information content (AvgIpc) is 2.76. The summed E-state index contributed by atoms with van der Waals surface area (Å²) >= 11 is 0. The lowest BCUT2D eigenvalue weighted by atomic mass is 9.88. The molecule has 0 heterocycles. The molecule has 0 aliphatic heterocycles. The van der Waals surface area contributed by atoms with E-state index in [0.29, 0.717) is 5.57 Å². The Kier molecular flexibility index (Phi) is 5.50. The van der Waals surface area contributed by atoms with Crippen LogP contribution in [0.25, 0.3) is 0 Å². The first-order chi connectivity index (χ1) is 8.41. The SMILES string of the molecule is CC(N)C=C(C(=O)C(N)CC(=O)O)C1CCCC1. The van der Waals surface area contributed by atoms with E-state index in [0.717, 1.165) is 25.7 Å². The first kappa shape index (κ1) is 14.9. The number of nitrogens with two attached hydrogens (primary N) is 2. The third kappa shape index (κ3) is 4.23. The summed E-state index contributed by atoms with van der Waals surface area (Å²) in [5, 5.41) is 8.69. The van der Waals surface area contributed by atoms with E-state index in [1.54, 1.807) is 13.0 Å². The molecule has 5 nitrogen and oxygen atoms in total. The Morgan fingerprint density at radius 3 is 2.33 bits per heavy atom. The van der Waals surface area contributed by atoms with E-state index >= 15 is 0 Å². The number of ketones is 1. The molecule has 102 valence electrons.